The van der Waals surface area contributed by atoms with Gasteiger partial charge in [-0.1, -0.05) is 0 Å². The Labute approximate surface area is 140 Å². The summed E-state index contributed by atoms with van der Waals surface area (Å²) in [4.78, 5) is 27.4. The molecule has 1 aliphatic heterocycles. The van der Waals surface area contributed by atoms with Gasteiger partial charge in [-0.15, -0.1) is 0 Å². The van der Waals surface area contributed by atoms with Crippen LogP contribution in [0.3, 0.4) is 0 Å². The van der Waals surface area contributed by atoms with Crippen molar-refractivity contribution in [2.45, 2.75) is 38.6 Å². The van der Waals surface area contributed by atoms with E-state index in [9.17, 15) is 4.79 Å². The molecule has 1 amide bonds. The van der Waals surface area contributed by atoms with Gasteiger partial charge >= 0.3 is 0 Å². The summed E-state index contributed by atoms with van der Waals surface area (Å²) >= 11 is 0. The normalized spacial score (nSPS) is 21.0. The molecule has 2 aromatic heterocycles. The van der Waals surface area contributed by atoms with Crippen LogP contribution in [0.25, 0.3) is 10.9 Å². The minimum absolute atomic E-state index is 0.193. The van der Waals surface area contributed by atoms with Gasteiger partial charge in [0.2, 0.25) is 11.9 Å². The van der Waals surface area contributed by atoms with Crippen molar-refractivity contribution in [3.63, 3.8) is 0 Å². The summed E-state index contributed by atoms with van der Waals surface area (Å²) < 4.78 is 0. The molecule has 1 atom stereocenters. The number of anilines is 2. The number of carbonyl (C=O) groups is 1. The quantitative estimate of drug-likeness (QED) is 0.891. The number of nitrogens with zero attached hydrogens (tertiary/aromatic N) is 4. The van der Waals surface area contributed by atoms with Crippen LogP contribution in [0.15, 0.2) is 12.4 Å². The molecular weight excluding hydrogens is 304 g/mol. The summed E-state index contributed by atoms with van der Waals surface area (Å²) in [5.41, 5.74) is 7.68. The summed E-state index contributed by atoms with van der Waals surface area (Å²) in [5, 5.41) is 4.16. The van der Waals surface area contributed by atoms with Crippen LogP contribution in [0.2, 0.25) is 0 Å². The molecule has 0 aromatic carbocycles. The number of amides is 1. The first-order valence-corrected chi connectivity index (χ1v) is 8.55. The van der Waals surface area contributed by atoms with E-state index in [4.69, 9.17) is 5.73 Å². The first-order valence-electron chi connectivity index (χ1n) is 8.55. The number of nitrogen functional groups attached to an aromatic ring is 1. The molecule has 2 fully saturated rings. The molecule has 24 heavy (non-hydrogen) atoms. The van der Waals surface area contributed by atoms with E-state index < -0.39 is 0 Å². The van der Waals surface area contributed by atoms with Gasteiger partial charge in [0.25, 0.3) is 0 Å². The topological polar surface area (TPSA) is 97.0 Å². The first kappa shape index (κ1) is 15.1. The number of hydrogen-bond donors (Lipinski definition) is 2. The van der Waals surface area contributed by atoms with Crippen molar-refractivity contribution in [1.29, 1.82) is 0 Å². The molecule has 3 heterocycles. The Morgan fingerprint density at radius 3 is 2.92 bits per heavy atom. The summed E-state index contributed by atoms with van der Waals surface area (Å²) in [6.07, 6.45) is 7.58. The van der Waals surface area contributed by atoms with Gasteiger partial charge in [-0.05, 0) is 38.2 Å². The number of fused-ring (bicyclic) bond motifs is 1. The molecule has 2 aromatic rings. The second-order valence-corrected chi connectivity index (χ2v) is 6.82. The van der Waals surface area contributed by atoms with E-state index in [-0.39, 0.29) is 12.0 Å². The molecule has 2 aliphatic rings. The van der Waals surface area contributed by atoms with Gasteiger partial charge in [-0.3, -0.25) is 4.79 Å². The maximum Gasteiger partial charge on any atom is 0.225 e. The molecule has 1 aliphatic carbocycles. The molecule has 1 saturated carbocycles. The van der Waals surface area contributed by atoms with Crippen molar-refractivity contribution < 1.29 is 4.79 Å². The highest BCUT2D eigenvalue weighted by Gasteiger charge is 2.35. The van der Waals surface area contributed by atoms with E-state index in [1.165, 1.54) is 0 Å². The lowest BCUT2D eigenvalue weighted by Crippen LogP contribution is -2.45. The third-order valence-corrected chi connectivity index (χ3v) is 4.83. The predicted octanol–water partition coefficient (Wildman–Crippen LogP) is 1.73. The number of nitrogens with one attached hydrogen (secondary N) is 1. The maximum absolute atomic E-state index is 12.3. The number of rotatable bonds is 3. The van der Waals surface area contributed by atoms with Crippen LogP contribution in [0.4, 0.5) is 11.8 Å². The van der Waals surface area contributed by atoms with Crippen LogP contribution in [0.1, 0.15) is 31.2 Å². The summed E-state index contributed by atoms with van der Waals surface area (Å²) in [6, 6.07) is 0.193. The van der Waals surface area contributed by atoms with E-state index in [2.05, 4.69) is 20.3 Å². The SMILES string of the molecule is Cc1cnc(N)c2cnc(N[C@H]3CCCN(C(=O)C4CC4)C3)nc12. The van der Waals surface area contributed by atoms with Crippen molar-refractivity contribution in [1.82, 2.24) is 19.9 Å². The van der Waals surface area contributed by atoms with Crippen molar-refractivity contribution in [2.75, 3.05) is 24.1 Å². The van der Waals surface area contributed by atoms with E-state index >= 15 is 0 Å². The van der Waals surface area contributed by atoms with Gasteiger partial charge in [0.15, 0.2) is 0 Å². The van der Waals surface area contributed by atoms with E-state index in [1.54, 1.807) is 12.4 Å². The molecule has 0 bridgehead atoms. The molecule has 0 unspecified atom stereocenters. The van der Waals surface area contributed by atoms with Crippen LogP contribution in [0, 0.1) is 12.8 Å². The highest BCUT2D eigenvalue weighted by atomic mass is 16.2. The Bertz CT molecular complexity index is 788. The zero-order valence-corrected chi connectivity index (χ0v) is 13.8. The molecule has 7 heteroatoms. The van der Waals surface area contributed by atoms with Gasteiger partial charge < -0.3 is 16.0 Å². The van der Waals surface area contributed by atoms with Crippen molar-refractivity contribution in [2.24, 2.45) is 5.92 Å². The fraction of sp³-hybridized carbons (Fsp3) is 0.529. The molecule has 4 rings (SSSR count). The molecule has 1 saturated heterocycles. The van der Waals surface area contributed by atoms with Gasteiger partial charge in [0, 0.05) is 37.4 Å². The summed E-state index contributed by atoms with van der Waals surface area (Å²) in [6.45, 7) is 3.56. The van der Waals surface area contributed by atoms with Crippen LogP contribution < -0.4 is 11.1 Å². The first-order chi connectivity index (χ1) is 11.6. The Morgan fingerprint density at radius 1 is 1.29 bits per heavy atom. The third-order valence-electron chi connectivity index (χ3n) is 4.83. The zero-order valence-electron chi connectivity index (χ0n) is 13.8. The minimum atomic E-state index is 0.193. The average molecular weight is 326 g/mol. The standard InChI is InChI=1S/C17H22N6O/c1-10-7-19-15(18)13-8-20-17(22-14(10)13)21-12-3-2-6-23(9-12)16(24)11-4-5-11/h7-8,11-12H,2-6,9H2,1H3,(H2,18,19)(H,20,21,22)/t12-/m0/s1. The molecule has 126 valence electrons. The average Bonchev–Trinajstić information content (AvgIpc) is 3.43. The number of pyridine rings is 1. The number of carbonyl (C=O) groups excluding carboxylic acids is 1. The minimum Gasteiger partial charge on any atom is -0.383 e. The number of aryl methyl sites for hydroxylation is 1. The highest BCUT2D eigenvalue weighted by Crippen LogP contribution is 2.32. The summed E-state index contributed by atoms with van der Waals surface area (Å²) in [7, 11) is 0. The second-order valence-electron chi connectivity index (χ2n) is 6.82. The lowest BCUT2D eigenvalue weighted by molar-refractivity contribution is -0.133. The molecule has 3 N–H and O–H groups in total. The van der Waals surface area contributed by atoms with Gasteiger partial charge in [0.1, 0.15) is 5.82 Å². The van der Waals surface area contributed by atoms with Crippen LogP contribution >= 0.6 is 0 Å². The van der Waals surface area contributed by atoms with Crippen molar-refractivity contribution in [3.8, 4) is 0 Å². The number of aromatic nitrogens is 3. The lowest BCUT2D eigenvalue weighted by atomic mass is 10.1. The van der Waals surface area contributed by atoms with E-state index in [1.807, 2.05) is 11.8 Å². The van der Waals surface area contributed by atoms with E-state index in [0.29, 0.717) is 17.7 Å². The van der Waals surface area contributed by atoms with Crippen molar-refractivity contribution in [3.05, 3.63) is 18.0 Å². The Hall–Kier alpha value is -2.44. The third kappa shape index (κ3) is 2.86. The van der Waals surface area contributed by atoms with Gasteiger partial charge in [0.05, 0.1) is 10.9 Å². The summed E-state index contributed by atoms with van der Waals surface area (Å²) in [5.74, 6) is 1.62. The second kappa shape index (κ2) is 5.89. The predicted molar refractivity (Wildman–Crippen MR) is 92.4 cm³/mol. The van der Waals surface area contributed by atoms with Crippen LogP contribution in [-0.4, -0.2) is 44.9 Å². The Balaban J connectivity index is 1.51. The Morgan fingerprint density at radius 2 is 2.12 bits per heavy atom. The smallest absolute Gasteiger partial charge is 0.225 e. The number of nitrogens with two attached hydrogens (primary N) is 1. The molecule has 0 spiro atoms. The van der Waals surface area contributed by atoms with Gasteiger partial charge in [-0.25, -0.2) is 15.0 Å². The largest absolute Gasteiger partial charge is 0.383 e. The van der Waals surface area contributed by atoms with Crippen LogP contribution in [-0.2, 0) is 4.79 Å². The number of piperidine rings is 1. The van der Waals surface area contributed by atoms with Crippen molar-refractivity contribution >= 4 is 28.6 Å². The van der Waals surface area contributed by atoms with E-state index in [0.717, 1.165) is 55.2 Å². The number of likely N-dealkylation sites (tertiary alicyclic amines) is 1. The number of hydrogen-bond acceptors (Lipinski definition) is 6. The fourth-order valence-corrected chi connectivity index (χ4v) is 3.30. The highest BCUT2D eigenvalue weighted by molar-refractivity contribution is 5.89. The molecular formula is C17H22N6O. The monoisotopic (exact) mass is 326 g/mol. The molecule has 7 nitrogen and oxygen atoms in total. The van der Waals surface area contributed by atoms with Crippen LogP contribution in [0.5, 0.6) is 0 Å². The molecule has 0 radical (unpaired) electrons. The fourth-order valence-electron chi connectivity index (χ4n) is 3.30. The Kier molecular flexibility index (Phi) is 3.70. The zero-order chi connectivity index (χ0) is 16.7. The maximum atomic E-state index is 12.3. The van der Waals surface area contributed by atoms with Gasteiger partial charge in [-0.2, -0.15) is 0 Å². The lowest BCUT2D eigenvalue weighted by Gasteiger charge is -2.33.